The molecular formula is C18H13N3O2S. The number of carbonyl (C=O) groups is 2. The van der Waals surface area contributed by atoms with E-state index in [4.69, 9.17) is 0 Å². The first-order valence-electron chi connectivity index (χ1n) is 7.44. The van der Waals surface area contributed by atoms with Gasteiger partial charge < -0.3 is 10.6 Å². The number of hydrogen-bond donors (Lipinski definition) is 2. The van der Waals surface area contributed by atoms with Gasteiger partial charge in [0, 0.05) is 29.4 Å². The molecule has 2 heterocycles. The third-order valence-corrected chi connectivity index (χ3v) is 4.70. The number of aromatic nitrogens is 1. The van der Waals surface area contributed by atoms with E-state index in [0.717, 1.165) is 22.3 Å². The van der Waals surface area contributed by atoms with E-state index < -0.39 is 0 Å². The Morgan fingerprint density at radius 1 is 1.12 bits per heavy atom. The normalized spacial score (nSPS) is 12.6. The van der Waals surface area contributed by atoms with Crippen molar-refractivity contribution in [2.45, 2.75) is 6.54 Å². The molecule has 6 heteroatoms. The number of rotatable bonds is 3. The first-order chi connectivity index (χ1) is 11.7. The molecule has 0 spiro atoms. The Labute approximate surface area is 142 Å². The molecule has 118 valence electrons. The molecule has 1 aliphatic rings. The van der Waals surface area contributed by atoms with Crippen LogP contribution in [0.25, 0.3) is 11.1 Å². The lowest BCUT2D eigenvalue weighted by atomic mass is 9.97. The zero-order valence-electron chi connectivity index (χ0n) is 12.6. The molecule has 0 saturated heterocycles. The summed E-state index contributed by atoms with van der Waals surface area (Å²) in [5.74, 6) is -0.243. The minimum absolute atomic E-state index is 0.0285. The Balaban J connectivity index is 1.59. The smallest absolute Gasteiger partial charge is 0.284 e. The summed E-state index contributed by atoms with van der Waals surface area (Å²) in [6.07, 6.45) is 1.61. The van der Waals surface area contributed by atoms with Crippen LogP contribution < -0.4 is 10.6 Å². The number of hydrogen-bond acceptors (Lipinski definition) is 4. The molecule has 0 aliphatic carbocycles. The van der Waals surface area contributed by atoms with Gasteiger partial charge in [0.2, 0.25) is 0 Å². The maximum Gasteiger partial charge on any atom is 0.284 e. The van der Waals surface area contributed by atoms with E-state index in [-0.39, 0.29) is 11.8 Å². The van der Waals surface area contributed by atoms with E-state index in [1.807, 2.05) is 42.5 Å². The monoisotopic (exact) mass is 335 g/mol. The van der Waals surface area contributed by atoms with Crippen LogP contribution in [0.4, 0.5) is 5.69 Å². The average Bonchev–Trinajstić information content (AvgIpc) is 3.26. The quantitative estimate of drug-likeness (QED) is 0.771. The van der Waals surface area contributed by atoms with Gasteiger partial charge in [-0.3, -0.25) is 9.59 Å². The molecular weight excluding hydrogens is 322 g/mol. The van der Waals surface area contributed by atoms with E-state index >= 15 is 0 Å². The Bertz CT molecular complexity index is 918. The summed E-state index contributed by atoms with van der Waals surface area (Å²) in [7, 11) is 0. The van der Waals surface area contributed by atoms with Crippen molar-refractivity contribution >= 4 is 28.8 Å². The molecule has 5 nitrogen and oxygen atoms in total. The van der Waals surface area contributed by atoms with Crippen LogP contribution in [0, 0.1) is 0 Å². The summed E-state index contributed by atoms with van der Waals surface area (Å²) >= 11 is 1.30. The van der Waals surface area contributed by atoms with Gasteiger partial charge in [0.15, 0.2) is 5.01 Å². The summed E-state index contributed by atoms with van der Waals surface area (Å²) in [5, 5.41) is 7.87. The molecule has 24 heavy (non-hydrogen) atoms. The second-order valence-corrected chi connectivity index (χ2v) is 6.28. The number of amides is 2. The zero-order valence-corrected chi connectivity index (χ0v) is 13.4. The lowest BCUT2D eigenvalue weighted by molar-refractivity contribution is 0.0964. The van der Waals surface area contributed by atoms with Crippen LogP contribution in [0.2, 0.25) is 0 Å². The molecule has 4 rings (SSSR count). The molecule has 0 fully saturated rings. The molecule has 2 amide bonds. The fourth-order valence-electron chi connectivity index (χ4n) is 2.78. The van der Waals surface area contributed by atoms with Gasteiger partial charge in [-0.1, -0.05) is 24.3 Å². The topological polar surface area (TPSA) is 71.1 Å². The molecule has 2 aromatic carbocycles. The number of nitrogens with one attached hydrogen (secondary N) is 2. The van der Waals surface area contributed by atoms with E-state index in [0.29, 0.717) is 17.2 Å². The highest BCUT2D eigenvalue weighted by Gasteiger charge is 2.21. The average molecular weight is 335 g/mol. The number of anilines is 1. The van der Waals surface area contributed by atoms with Crippen LogP contribution >= 0.6 is 11.3 Å². The molecule has 2 N–H and O–H groups in total. The molecule has 0 unspecified atom stereocenters. The first-order valence-corrected chi connectivity index (χ1v) is 8.32. The number of benzene rings is 2. The fourth-order valence-corrected chi connectivity index (χ4v) is 3.31. The highest BCUT2D eigenvalue weighted by molar-refractivity contribution is 7.11. The van der Waals surface area contributed by atoms with Crippen LogP contribution in [-0.2, 0) is 6.54 Å². The van der Waals surface area contributed by atoms with Crippen molar-refractivity contribution in [1.29, 1.82) is 0 Å². The van der Waals surface area contributed by atoms with Crippen LogP contribution in [0.5, 0.6) is 0 Å². The van der Waals surface area contributed by atoms with Crippen molar-refractivity contribution in [3.8, 4) is 11.1 Å². The maximum absolute atomic E-state index is 12.0. The lowest BCUT2D eigenvalue weighted by Crippen LogP contribution is -2.12. The number of thiazole rings is 1. The predicted octanol–water partition coefficient (Wildman–Crippen LogP) is 3.31. The zero-order chi connectivity index (χ0) is 16.5. The minimum atomic E-state index is -0.215. The van der Waals surface area contributed by atoms with Crippen molar-refractivity contribution < 1.29 is 9.59 Å². The van der Waals surface area contributed by atoms with Gasteiger partial charge in [0.25, 0.3) is 11.8 Å². The van der Waals surface area contributed by atoms with Crippen molar-refractivity contribution in [3.05, 3.63) is 70.2 Å². The molecule has 0 atom stereocenters. The summed E-state index contributed by atoms with van der Waals surface area (Å²) in [5.41, 5.74) is 4.50. The molecule has 3 aromatic rings. The number of fused-ring (bicyclic) bond motifs is 1. The summed E-state index contributed by atoms with van der Waals surface area (Å²) in [4.78, 5) is 27.8. The Morgan fingerprint density at radius 3 is 2.67 bits per heavy atom. The Kier molecular flexibility index (Phi) is 3.59. The van der Waals surface area contributed by atoms with Crippen molar-refractivity contribution in [3.63, 3.8) is 0 Å². The summed E-state index contributed by atoms with van der Waals surface area (Å²) in [6, 6.07) is 13.3. The molecule has 0 radical (unpaired) electrons. The fraction of sp³-hybridized carbons (Fsp3) is 0.0556. The van der Waals surface area contributed by atoms with Crippen LogP contribution in [0.15, 0.2) is 54.0 Å². The predicted molar refractivity (Wildman–Crippen MR) is 93.1 cm³/mol. The van der Waals surface area contributed by atoms with Gasteiger partial charge >= 0.3 is 0 Å². The molecule has 1 aromatic heterocycles. The third-order valence-electron chi connectivity index (χ3n) is 3.93. The van der Waals surface area contributed by atoms with Crippen LogP contribution in [-0.4, -0.2) is 16.8 Å². The van der Waals surface area contributed by atoms with Crippen molar-refractivity contribution in [1.82, 2.24) is 10.3 Å². The second kappa shape index (κ2) is 5.90. The van der Waals surface area contributed by atoms with Crippen molar-refractivity contribution in [2.24, 2.45) is 0 Å². The first kappa shape index (κ1) is 14.6. The van der Waals surface area contributed by atoms with E-state index in [1.165, 1.54) is 11.3 Å². The standard InChI is InChI=1S/C18H13N3O2S/c22-16-14-3-1-2-13(15(14)10-20-16)11-4-6-12(7-5-11)21-17(23)18-19-8-9-24-18/h1-9H,10H2,(H,20,22)(H,21,23). The minimum Gasteiger partial charge on any atom is -0.348 e. The van der Waals surface area contributed by atoms with E-state index in [1.54, 1.807) is 11.6 Å². The van der Waals surface area contributed by atoms with Gasteiger partial charge in [-0.05, 0) is 34.9 Å². The SMILES string of the molecule is O=C(Nc1ccc(-c2cccc3c2CNC3=O)cc1)c1nccs1. The van der Waals surface area contributed by atoms with Crippen molar-refractivity contribution in [2.75, 3.05) is 5.32 Å². The highest BCUT2D eigenvalue weighted by Crippen LogP contribution is 2.30. The maximum atomic E-state index is 12.0. The second-order valence-electron chi connectivity index (χ2n) is 5.38. The van der Waals surface area contributed by atoms with Gasteiger partial charge in [-0.25, -0.2) is 4.98 Å². The van der Waals surface area contributed by atoms with Crippen LogP contribution in [0.1, 0.15) is 25.7 Å². The van der Waals surface area contributed by atoms with Gasteiger partial charge in [-0.15, -0.1) is 11.3 Å². The van der Waals surface area contributed by atoms with Gasteiger partial charge in [0.05, 0.1) is 0 Å². The third kappa shape index (κ3) is 2.57. The molecule has 0 saturated carbocycles. The largest absolute Gasteiger partial charge is 0.348 e. The highest BCUT2D eigenvalue weighted by atomic mass is 32.1. The molecule has 0 bridgehead atoms. The van der Waals surface area contributed by atoms with Gasteiger partial charge in [-0.2, -0.15) is 0 Å². The number of carbonyl (C=O) groups excluding carboxylic acids is 2. The van der Waals surface area contributed by atoms with Crippen LogP contribution in [0.3, 0.4) is 0 Å². The molecule has 1 aliphatic heterocycles. The lowest BCUT2D eigenvalue weighted by Gasteiger charge is -2.09. The van der Waals surface area contributed by atoms with Gasteiger partial charge in [0.1, 0.15) is 0 Å². The summed E-state index contributed by atoms with van der Waals surface area (Å²) < 4.78 is 0. The summed E-state index contributed by atoms with van der Waals surface area (Å²) in [6.45, 7) is 0.548. The Morgan fingerprint density at radius 2 is 1.92 bits per heavy atom. The number of nitrogens with zero attached hydrogens (tertiary/aromatic N) is 1. The van der Waals surface area contributed by atoms with E-state index in [2.05, 4.69) is 15.6 Å². The van der Waals surface area contributed by atoms with E-state index in [9.17, 15) is 9.59 Å². The Hall–Kier alpha value is -2.99.